The summed E-state index contributed by atoms with van der Waals surface area (Å²) in [5.74, 6) is 1.17. The number of ether oxygens (including phenoxy) is 1. The maximum absolute atomic E-state index is 10.1. The summed E-state index contributed by atoms with van der Waals surface area (Å²) < 4.78 is 5.36. The molecule has 1 aliphatic rings. The summed E-state index contributed by atoms with van der Waals surface area (Å²) >= 11 is 7.64. The van der Waals surface area contributed by atoms with Crippen LogP contribution in [0, 0.1) is 5.92 Å². The molecule has 0 heterocycles. The molecule has 94 valence electrons. The second-order valence-electron chi connectivity index (χ2n) is 4.35. The van der Waals surface area contributed by atoms with Crippen LogP contribution in [0.2, 0.25) is 5.02 Å². The molecule has 1 aromatic rings. The van der Waals surface area contributed by atoms with Crippen molar-refractivity contribution in [1.29, 1.82) is 0 Å². The first-order valence-electron chi connectivity index (χ1n) is 5.80. The quantitative estimate of drug-likeness (QED) is 0.807. The third kappa shape index (κ3) is 3.62. The lowest BCUT2D eigenvalue weighted by molar-refractivity contribution is -0.0127. The van der Waals surface area contributed by atoms with Crippen LogP contribution in [0.4, 0.5) is 0 Å². The SMILES string of the molecule is COC(C(O)CSc1ccccc1Cl)C1CC1. The molecule has 4 heteroatoms. The van der Waals surface area contributed by atoms with Crippen molar-refractivity contribution in [3.8, 4) is 0 Å². The van der Waals surface area contributed by atoms with Gasteiger partial charge in [0, 0.05) is 17.8 Å². The number of halogens is 1. The number of aliphatic hydroxyl groups excluding tert-OH is 1. The Hall–Kier alpha value is -0.220. The van der Waals surface area contributed by atoms with Crippen molar-refractivity contribution in [3.05, 3.63) is 29.3 Å². The fourth-order valence-electron chi connectivity index (χ4n) is 1.92. The monoisotopic (exact) mass is 272 g/mol. The van der Waals surface area contributed by atoms with E-state index in [4.69, 9.17) is 16.3 Å². The summed E-state index contributed by atoms with van der Waals surface area (Å²) in [6, 6.07) is 7.70. The number of rotatable bonds is 6. The Bertz CT molecular complexity index is 368. The van der Waals surface area contributed by atoms with Gasteiger partial charge in [0.2, 0.25) is 0 Å². The molecule has 0 amide bonds. The van der Waals surface area contributed by atoms with Crippen molar-refractivity contribution in [1.82, 2.24) is 0 Å². The molecule has 17 heavy (non-hydrogen) atoms. The minimum atomic E-state index is -0.422. The van der Waals surface area contributed by atoms with Crippen LogP contribution in [-0.2, 0) is 4.74 Å². The Morgan fingerprint density at radius 3 is 2.76 bits per heavy atom. The topological polar surface area (TPSA) is 29.5 Å². The van der Waals surface area contributed by atoms with E-state index >= 15 is 0 Å². The molecule has 2 unspecified atom stereocenters. The molecule has 0 aliphatic heterocycles. The Kier molecular flexibility index (Phi) is 4.74. The molecule has 1 aromatic carbocycles. The van der Waals surface area contributed by atoms with Crippen LogP contribution in [0.25, 0.3) is 0 Å². The average Bonchev–Trinajstić information content (AvgIpc) is 3.13. The van der Waals surface area contributed by atoms with E-state index in [-0.39, 0.29) is 6.10 Å². The van der Waals surface area contributed by atoms with Gasteiger partial charge < -0.3 is 9.84 Å². The van der Waals surface area contributed by atoms with Gasteiger partial charge in [0.15, 0.2) is 0 Å². The lowest BCUT2D eigenvalue weighted by Gasteiger charge is -2.21. The Balaban J connectivity index is 1.87. The Morgan fingerprint density at radius 1 is 1.47 bits per heavy atom. The van der Waals surface area contributed by atoms with Crippen LogP contribution in [0.1, 0.15) is 12.8 Å². The highest BCUT2D eigenvalue weighted by molar-refractivity contribution is 7.99. The molecule has 0 saturated heterocycles. The summed E-state index contributed by atoms with van der Waals surface area (Å²) in [5, 5.41) is 10.8. The molecular weight excluding hydrogens is 256 g/mol. The fourth-order valence-corrected chi connectivity index (χ4v) is 3.14. The molecule has 2 rings (SSSR count). The van der Waals surface area contributed by atoms with Crippen LogP contribution < -0.4 is 0 Å². The number of methoxy groups -OCH3 is 1. The highest BCUT2D eigenvalue weighted by Crippen LogP contribution is 2.37. The Labute approximate surface area is 111 Å². The van der Waals surface area contributed by atoms with E-state index in [2.05, 4.69) is 0 Å². The molecule has 0 spiro atoms. The number of hydrogen-bond donors (Lipinski definition) is 1. The number of benzene rings is 1. The van der Waals surface area contributed by atoms with Gasteiger partial charge in [-0.25, -0.2) is 0 Å². The van der Waals surface area contributed by atoms with E-state index in [0.29, 0.717) is 11.7 Å². The molecule has 1 N–H and O–H groups in total. The number of aliphatic hydroxyl groups is 1. The minimum absolute atomic E-state index is 0.0232. The highest BCUT2D eigenvalue weighted by Gasteiger charge is 2.35. The lowest BCUT2D eigenvalue weighted by atomic mass is 10.1. The highest BCUT2D eigenvalue weighted by atomic mass is 35.5. The summed E-state index contributed by atoms with van der Waals surface area (Å²) in [6.45, 7) is 0. The van der Waals surface area contributed by atoms with Crippen molar-refractivity contribution < 1.29 is 9.84 Å². The second kappa shape index (κ2) is 6.10. The van der Waals surface area contributed by atoms with Gasteiger partial charge in [-0.15, -0.1) is 11.8 Å². The van der Waals surface area contributed by atoms with Crippen molar-refractivity contribution >= 4 is 23.4 Å². The van der Waals surface area contributed by atoms with E-state index < -0.39 is 6.10 Å². The largest absolute Gasteiger partial charge is 0.390 e. The summed E-state index contributed by atoms with van der Waals surface area (Å²) in [4.78, 5) is 1.01. The predicted molar refractivity (Wildman–Crippen MR) is 71.7 cm³/mol. The zero-order valence-corrected chi connectivity index (χ0v) is 11.4. The average molecular weight is 273 g/mol. The first-order valence-corrected chi connectivity index (χ1v) is 7.17. The third-order valence-electron chi connectivity index (χ3n) is 2.98. The van der Waals surface area contributed by atoms with E-state index in [1.807, 2.05) is 24.3 Å². The fraction of sp³-hybridized carbons (Fsp3) is 0.538. The van der Waals surface area contributed by atoms with Crippen LogP contribution in [0.15, 0.2) is 29.2 Å². The normalized spacial score (nSPS) is 19.0. The summed E-state index contributed by atoms with van der Waals surface area (Å²) in [5.41, 5.74) is 0. The summed E-state index contributed by atoms with van der Waals surface area (Å²) in [7, 11) is 1.67. The van der Waals surface area contributed by atoms with Gasteiger partial charge in [0.25, 0.3) is 0 Å². The molecule has 1 saturated carbocycles. The Morgan fingerprint density at radius 2 is 2.18 bits per heavy atom. The molecule has 2 atom stereocenters. The number of hydrogen-bond acceptors (Lipinski definition) is 3. The molecule has 1 fully saturated rings. The van der Waals surface area contributed by atoms with Gasteiger partial charge >= 0.3 is 0 Å². The van der Waals surface area contributed by atoms with Gasteiger partial charge in [-0.1, -0.05) is 23.7 Å². The van der Waals surface area contributed by atoms with Crippen LogP contribution in [0.3, 0.4) is 0 Å². The van der Waals surface area contributed by atoms with Crippen molar-refractivity contribution in [2.75, 3.05) is 12.9 Å². The first-order chi connectivity index (χ1) is 8.22. The predicted octanol–water partition coefficient (Wildman–Crippen LogP) is 3.22. The third-order valence-corrected chi connectivity index (χ3v) is 4.60. The molecule has 0 radical (unpaired) electrons. The maximum Gasteiger partial charge on any atom is 0.0898 e. The van der Waals surface area contributed by atoms with E-state index in [0.717, 1.165) is 9.92 Å². The second-order valence-corrected chi connectivity index (χ2v) is 5.82. The zero-order valence-electron chi connectivity index (χ0n) is 9.80. The molecular formula is C13H17ClO2S. The standard InChI is InChI=1S/C13H17ClO2S/c1-16-13(9-6-7-9)11(15)8-17-12-5-3-2-4-10(12)14/h2-5,9,11,13,15H,6-8H2,1H3. The number of thioether (sulfide) groups is 1. The van der Waals surface area contributed by atoms with Gasteiger partial charge in [0.1, 0.15) is 0 Å². The van der Waals surface area contributed by atoms with Gasteiger partial charge in [-0.2, -0.15) is 0 Å². The maximum atomic E-state index is 10.1. The van der Waals surface area contributed by atoms with E-state index in [9.17, 15) is 5.11 Å². The molecule has 2 nitrogen and oxygen atoms in total. The summed E-state index contributed by atoms with van der Waals surface area (Å²) in [6.07, 6.45) is 1.90. The van der Waals surface area contributed by atoms with Crippen molar-refractivity contribution in [3.63, 3.8) is 0 Å². The van der Waals surface area contributed by atoms with Crippen molar-refractivity contribution in [2.45, 2.75) is 29.9 Å². The van der Waals surface area contributed by atoms with Gasteiger partial charge in [0.05, 0.1) is 17.2 Å². The zero-order chi connectivity index (χ0) is 12.3. The molecule has 1 aliphatic carbocycles. The van der Waals surface area contributed by atoms with Gasteiger partial charge in [-0.3, -0.25) is 0 Å². The van der Waals surface area contributed by atoms with E-state index in [1.165, 1.54) is 12.8 Å². The van der Waals surface area contributed by atoms with Crippen molar-refractivity contribution in [2.24, 2.45) is 5.92 Å². The van der Waals surface area contributed by atoms with Gasteiger partial charge in [-0.05, 0) is 30.9 Å². The molecule has 0 bridgehead atoms. The van der Waals surface area contributed by atoms with Crippen LogP contribution >= 0.6 is 23.4 Å². The van der Waals surface area contributed by atoms with Crippen LogP contribution in [-0.4, -0.2) is 30.2 Å². The smallest absolute Gasteiger partial charge is 0.0898 e. The molecule has 0 aromatic heterocycles. The van der Waals surface area contributed by atoms with Crippen LogP contribution in [0.5, 0.6) is 0 Å². The minimum Gasteiger partial charge on any atom is -0.390 e. The first kappa shape index (κ1) is 13.2. The lowest BCUT2D eigenvalue weighted by Crippen LogP contribution is -2.31. The van der Waals surface area contributed by atoms with E-state index in [1.54, 1.807) is 18.9 Å².